The van der Waals surface area contributed by atoms with E-state index in [4.69, 9.17) is 0 Å². The molecule has 2 heterocycles. The zero-order valence-corrected chi connectivity index (χ0v) is 17.5. The van der Waals surface area contributed by atoms with Crippen molar-refractivity contribution in [1.82, 2.24) is 14.7 Å². The monoisotopic (exact) mass is 433 g/mol. The molecule has 1 atom stereocenters. The number of amides is 2. The Balaban J connectivity index is 1.44. The number of rotatable bonds is 4. The molecule has 3 rings (SSSR count). The molecule has 2 fully saturated rings. The molecule has 2 aliphatic heterocycles. The Hall–Kier alpha value is -1.66. The zero-order chi connectivity index (χ0) is 19.2. The minimum absolute atomic E-state index is 0.0357. The molecule has 0 radical (unpaired) electrons. The number of likely N-dealkylation sites (tertiary alicyclic amines) is 1. The summed E-state index contributed by atoms with van der Waals surface area (Å²) in [6.07, 6.45) is 6.93. The molecule has 0 unspecified atom stereocenters. The van der Waals surface area contributed by atoms with Crippen LogP contribution in [0.2, 0.25) is 0 Å². The fraction of sp³-hybridized carbons (Fsp3) is 0.524. The predicted molar refractivity (Wildman–Crippen MR) is 111 cm³/mol. The minimum atomic E-state index is 0.0357. The number of piperazine rings is 1. The summed E-state index contributed by atoms with van der Waals surface area (Å²) in [5, 5.41) is 0. The highest BCUT2D eigenvalue weighted by Crippen LogP contribution is 2.17. The van der Waals surface area contributed by atoms with Crippen LogP contribution in [-0.4, -0.2) is 71.8 Å². The van der Waals surface area contributed by atoms with Gasteiger partial charge in [0.25, 0.3) is 0 Å². The van der Waals surface area contributed by atoms with E-state index in [0.717, 1.165) is 42.5 Å². The third-order valence-corrected chi connectivity index (χ3v) is 5.98. The van der Waals surface area contributed by atoms with Crippen LogP contribution in [-0.2, 0) is 9.59 Å². The maximum atomic E-state index is 12.6. The van der Waals surface area contributed by atoms with E-state index in [9.17, 15) is 9.59 Å². The van der Waals surface area contributed by atoms with Crippen LogP contribution in [0.5, 0.6) is 0 Å². The number of piperidine rings is 1. The van der Waals surface area contributed by atoms with Gasteiger partial charge in [-0.15, -0.1) is 0 Å². The van der Waals surface area contributed by atoms with Gasteiger partial charge in [0.1, 0.15) is 0 Å². The zero-order valence-electron chi connectivity index (χ0n) is 15.9. The molecule has 0 N–H and O–H groups in total. The molecule has 0 aromatic heterocycles. The highest BCUT2D eigenvalue weighted by atomic mass is 79.9. The third kappa shape index (κ3) is 5.66. The van der Waals surface area contributed by atoms with Gasteiger partial charge in [0, 0.05) is 49.3 Å². The summed E-state index contributed by atoms with van der Waals surface area (Å²) in [4.78, 5) is 31.0. The summed E-state index contributed by atoms with van der Waals surface area (Å²) >= 11 is 3.41. The third-order valence-electron chi connectivity index (χ3n) is 5.45. The summed E-state index contributed by atoms with van der Waals surface area (Å²) in [6.45, 7) is 6.36. The summed E-state index contributed by atoms with van der Waals surface area (Å²) in [5.41, 5.74) is 1.01. The second-order valence-electron chi connectivity index (χ2n) is 7.42. The van der Waals surface area contributed by atoms with Crippen LogP contribution in [0.4, 0.5) is 0 Å². The molecule has 146 valence electrons. The van der Waals surface area contributed by atoms with Gasteiger partial charge < -0.3 is 9.80 Å². The Morgan fingerprint density at radius 2 is 1.78 bits per heavy atom. The van der Waals surface area contributed by atoms with Crippen molar-refractivity contribution in [2.45, 2.75) is 32.2 Å². The molecule has 0 aliphatic carbocycles. The SMILES string of the molecule is C[C@@H]1CCCCN1C(=O)CN1CCN(C(=O)/C=C/c2ccc(Br)cc2)CC1. The van der Waals surface area contributed by atoms with Crippen molar-refractivity contribution in [3.05, 3.63) is 40.4 Å². The van der Waals surface area contributed by atoms with Crippen LogP contribution in [0.25, 0.3) is 6.08 Å². The predicted octanol–water partition coefficient (Wildman–Crippen LogP) is 3.01. The van der Waals surface area contributed by atoms with Crippen molar-refractivity contribution in [3.8, 4) is 0 Å². The topological polar surface area (TPSA) is 43.9 Å². The summed E-state index contributed by atoms with van der Waals surface area (Å²) in [6, 6.07) is 8.22. The van der Waals surface area contributed by atoms with Gasteiger partial charge in [0.05, 0.1) is 6.54 Å². The number of halogens is 1. The number of nitrogens with zero attached hydrogens (tertiary/aromatic N) is 3. The first kappa shape index (κ1) is 20.1. The number of carbonyl (C=O) groups is 2. The van der Waals surface area contributed by atoms with Crippen molar-refractivity contribution < 1.29 is 9.59 Å². The van der Waals surface area contributed by atoms with Crippen LogP contribution < -0.4 is 0 Å². The lowest BCUT2D eigenvalue weighted by molar-refractivity contribution is -0.136. The Bertz CT molecular complexity index is 681. The van der Waals surface area contributed by atoms with Crippen LogP contribution >= 0.6 is 15.9 Å². The molecular weight excluding hydrogens is 406 g/mol. The van der Waals surface area contributed by atoms with Gasteiger partial charge in [0.2, 0.25) is 11.8 Å². The molecule has 6 heteroatoms. The fourth-order valence-corrected chi connectivity index (χ4v) is 3.99. The van der Waals surface area contributed by atoms with Crippen molar-refractivity contribution in [2.75, 3.05) is 39.3 Å². The largest absolute Gasteiger partial charge is 0.339 e. The Morgan fingerprint density at radius 1 is 1.07 bits per heavy atom. The molecule has 2 amide bonds. The molecular formula is C21H28BrN3O2. The average Bonchev–Trinajstić information content (AvgIpc) is 2.68. The first-order valence-corrected chi connectivity index (χ1v) is 10.6. The van der Waals surface area contributed by atoms with Crippen molar-refractivity contribution in [2.24, 2.45) is 0 Å². The second-order valence-corrected chi connectivity index (χ2v) is 8.33. The molecule has 27 heavy (non-hydrogen) atoms. The van der Waals surface area contributed by atoms with Crippen LogP contribution in [0.1, 0.15) is 31.7 Å². The Kier molecular flexibility index (Phi) is 7.07. The minimum Gasteiger partial charge on any atom is -0.339 e. The lowest BCUT2D eigenvalue weighted by Crippen LogP contribution is -2.52. The second kappa shape index (κ2) is 9.51. The van der Waals surface area contributed by atoms with Gasteiger partial charge in [-0.25, -0.2) is 0 Å². The molecule has 0 saturated carbocycles. The molecule has 1 aromatic carbocycles. The van der Waals surface area contributed by atoms with Gasteiger partial charge in [-0.2, -0.15) is 0 Å². The normalized spacial score (nSPS) is 21.6. The highest BCUT2D eigenvalue weighted by Gasteiger charge is 2.26. The van der Waals surface area contributed by atoms with E-state index in [1.807, 2.05) is 40.1 Å². The first-order valence-electron chi connectivity index (χ1n) is 9.77. The van der Waals surface area contributed by atoms with Gasteiger partial charge >= 0.3 is 0 Å². The highest BCUT2D eigenvalue weighted by molar-refractivity contribution is 9.10. The summed E-state index contributed by atoms with van der Waals surface area (Å²) in [5.74, 6) is 0.269. The maximum absolute atomic E-state index is 12.6. The van der Waals surface area contributed by atoms with Gasteiger partial charge in [-0.1, -0.05) is 28.1 Å². The van der Waals surface area contributed by atoms with Crippen molar-refractivity contribution >= 4 is 33.8 Å². The molecule has 2 saturated heterocycles. The smallest absolute Gasteiger partial charge is 0.246 e. The van der Waals surface area contributed by atoms with E-state index in [2.05, 4.69) is 27.8 Å². The maximum Gasteiger partial charge on any atom is 0.246 e. The first-order chi connectivity index (χ1) is 13.0. The molecule has 2 aliphatic rings. The molecule has 0 bridgehead atoms. The van der Waals surface area contributed by atoms with E-state index in [1.54, 1.807) is 6.08 Å². The van der Waals surface area contributed by atoms with Crippen LogP contribution in [0.15, 0.2) is 34.8 Å². The van der Waals surface area contributed by atoms with E-state index < -0.39 is 0 Å². The number of hydrogen-bond acceptors (Lipinski definition) is 3. The van der Waals surface area contributed by atoms with Crippen LogP contribution in [0.3, 0.4) is 0 Å². The quantitative estimate of drug-likeness (QED) is 0.685. The van der Waals surface area contributed by atoms with Crippen molar-refractivity contribution in [3.63, 3.8) is 0 Å². The number of benzene rings is 1. The van der Waals surface area contributed by atoms with E-state index >= 15 is 0 Å². The molecule has 1 aromatic rings. The van der Waals surface area contributed by atoms with E-state index in [1.165, 1.54) is 6.42 Å². The van der Waals surface area contributed by atoms with Gasteiger partial charge in [-0.3, -0.25) is 14.5 Å². The van der Waals surface area contributed by atoms with E-state index in [-0.39, 0.29) is 11.8 Å². The lowest BCUT2D eigenvalue weighted by atomic mass is 10.0. The van der Waals surface area contributed by atoms with Gasteiger partial charge in [-0.05, 0) is 50.0 Å². The Morgan fingerprint density at radius 3 is 2.44 bits per heavy atom. The van der Waals surface area contributed by atoms with Crippen molar-refractivity contribution in [1.29, 1.82) is 0 Å². The fourth-order valence-electron chi connectivity index (χ4n) is 3.72. The number of hydrogen-bond donors (Lipinski definition) is 0. The van der Waals surface area contributed by atoms with Gasteiger partial charge in [0.15, 0.2) is 0 Å². The molecule has 5 nitrogen and oxygen atoms in total. The standard InChI is InChI=1S/C21H28BrN3O2/c1-17-4-2-3-11-25(17)21(27)16-23-12-14-24(15-13-23)20(26)10-7-18-5-8-19(22)9-6-18/h5-10,17H,2-4,11-16H2,1H3/b10-7+/t17-/m1/s1. The number of carbonyl (C=O) groups excluding carboxylic acids is 2. The Labute approximate surface area is 170 Å². The summed E-state index contributed by atoms with van der Waals surface area (Å²) < 4.78 is 1.02. The van der Waals surface area contributed by atoms with Crippen LogP contribution in [0, 0.1) is 0 Å². The lowest BCUT2D eigenvalue weighted by Gasteiger charge is -2.37. The average molecular weight is 434 g/mol. The molecule has 0 spiro atoms. The summed E-state index contributed by atoms with van der Waals surface area (Å²) in [7, 11) is 0. The van der Waals surface area contributed by atoms with E-state index in [0.29, 0.717) is 25.7 Å².